The van der Waals surface area contributed by atoms with Gasteiger partial charge in [-0.25, -0.2) is 0 Å². The van der Waals surface area contributed by atoms with E-state index < -0.39 is 0 Å². The summed E-state index contributed by atoms with van der Waals surface area (Å²) < 4.78 is 18.1. The molecule has 0 N–H and O–H groups in total. The third-order valence-electron chi connectivity index (χ3n) is 3.64. The summed E-state index contributed by atoms with van der Waals surface area (Å²) in [7, 11) is 0. The first-order valence-corrected chi connectivity index (χ1v) is 7.69. The third-order valence-corrected chi connectivity index (χ3v) is 4.23. The van der Waals surface area contributed by atoms with E-state index in [4.69, 9.17) is 14.2 Å². The normalized spacial score (nSPS) is 25.6. The molecule has 1 saturated heterocycles. The van der Waals surface area contributed by atoms with Crippen molar-refractivity contribution < 1.29 is 14.2 Å². The SMILES string of the molecule is N#CC1CCCOC1c1cc(Br)c2c(c1)OCCCO2. The molecule has 20 heavy (non-hydrogen) atoms. The molecule has 5 heteroatoms. The van der Waals surface area contributed by atoms with Gasteiger partial charge in [-0.2, -0.15) is 5.26 Å². The second kappa shape index (κ2) is 6.02. The fourth-order valence-electron chi connectivity index (χ4n) is 2.66. The van der Waals surface area contributed by atoms with E-state index in [2.05, 4.69) is 22.0 Å². The highest BCUT2D eigenvalue weighted by atomic mass is 79.9. The molecule has 0 radical (unpaired) electrons. The monoisotopic (exact) mass is 337 g/mol. The highest BCUT2D eigenvalue weighted by Crippen LogP contribution is 2.42. The molecular weight excluding hydrogens is 322 g/mol. The van der Waals surface area contributed by atoms with Crippen molar-refractivity contribution in [3.05, 3.63) is 22.2 Å². The quantitative estimate of drug-likeness (QED) is 0.785. The van der Waals surface area contributed by atoms with Crippen LogP contribution in [-0.2, 0) is 4.74 Å². The van der Waals surface area contributed by atoms with Crippen LogP contribution in [0.4, 0.5) is 0 Å². The van der Waals surface area contributed by atoms with Gasteiger partial charge < -0.3 is 14.2 Å². The summed E-state index contributed by atoms with van der Waals surface area (Å²) in [5, 5.41) is 9.28. The van der Waals surface area contributed by atoms with Crippen molar-refractivity contribution in [1.82, 2.24) is 0 Å². The van der Waals surface area contributed by atoms with Crippen LogP contribution in [0.1, 0.15) is 30.9 Å². The Morgan fingerprint density at radius 3 is 2.85 bits per heavy atom. The summed E-state index contributed by atoms with van der Waals surface area (Å²) in [5.74, 6) is 1.38. The maximum Gasteiger partial charge on any atom is 0.175 e. The number of nitrogens with zero attached hydrogens (tertiary/aromatic N) is 1. The van der Waals surface area contributed by atoms with Crippen molar-refractivity contribution in [1.29, 1.82) is 5.26 Å². The molecule has 0 aliphatic carbocycles. The van der Waals surface area contributed by atoms with Crippen molar-refractivity contribution >= 4 is 15.9 Å². The predicted octanol–water partition coefficient (Wildman–Crippen LogP) is 3.60. The number of ether oxygens (including phenoxy) is 3. The number of fused-ring (bicyclic) bond motifs is 1. The smallest absolute Gasteiger partial charge is 0.175 e. The molecule has 0 amide bonds. The third kappa shape index (κ3) is 2.63. The zero-order valence-corrected chi connectivity index (χ0v) is 12.7. The van der Waals surface area contributed by atoms with Crippen molar-refractivity contribution in [3.8, 4) is 17.6 Å². The van der Waals surface area contributed by atoms with E-state index in [9.17, 15) is 5.26 Å². The van der Waals surface area contributed by atoms with E-state index in [1.807, 2.05) is 12.1 Å². The van der Waals surface area contributed by atoms with Gasteiger partial charge in [0.2, 0.25) is 0 Å². The van der Waals surface area contributed by atoms with Crippen LogP contribution in [-0.4, -0.2) is 19.8 Å². The lowest BCUT2D eigenvalue weighted by molar-refractivity contribution is -0.0103. The fourth-order valence-corrected chi connectivity index (χ4v) is 3.23. The largest absolute Gasteiger partial charge is 0.490 e. The summed E-state index contributed by atoms with van der Waals surface area (Å²) in [6, 6.07) is 6.28. The summed E-state index contributed by atoms with van der Waals surface area (Å²) in [4.78, 5) is 0. The Morgan fingerprint density at radius 2 is 2.00 bits per heavy atom. The van der Waals surface area contributed by atoms with Crippen molar-refractivity contribution in [2.24, 2.45) is 5.92 Å². The van der Waals surface area contributed by atoms with Crippen molar-refractivity contribution in [3.63, 3.8) is 0 Å². The molecule has 2 aliphatic heterocycles. The van der Waals surface area contributed by atoms with Gasteiger partial charge in [0.05, 0.1) is 35.8 Å². The van der Waals surface area contributed by atoms with Gasteiger partial charge in [-0.3, -0.25) is 0 Å². The first-order valence-electron chi connectivity index (χ1n) is 6.90. The van der Waals surface area contributed by atoms with Gasteiger partial charge in [0.15, 0.2) is 11.5 Å². The van der Waals surface area contributed by atoms with Crippen LogP contribution < -0.4 is 9.47 Å². The summed E-state index contributed by atoms with van der Waals surface area (Å²) in [5.41, 5.74) is 0.979. The minimum atomic E-state index is -0.179. The zero-order valence-electron chi connectivity index (χ0n) is 11.1. The molecule has 3 rings (SSSR count). The Balaban J connectivity index is 1.96. The number of benzene rings is 1. The molecule has 1 aromatic rings. The maximum atomic E-state index is 9.28. The van der Waals surface area contributed by atoms with E-state index in [0.29, 0.717) is 19.8 Å². The van der Waals surface area contributed by atoms with Crippen LogP contribution >= 0.6 is 15.9 Å². The van der Waals surface area contributed by atoms with Crippen LogP contribution in [0.5, 0.6) is 11.5 Å². The number of rotatable bonds is 1. The molecule has 2 aliphatic rings. The summed E-state index contributed by atoms with van der Waals surface area (Å²) >= 11 is 3.53. The Morgan fingerprint density at radius 1 is 1.15 bits per heavy atom. The van der Waals surface area contributed by atoms with Crippen LogP contribution in [0.15, 0.2) is 16.6 Å². The minimum absolute atomic E-state index is 0.0969. The molecule has 4 nitrogen and oxygen atoms in total. The second-order valence-corrected chi connectivity index (χ2v) is 5.90. The predicted molar refractivity (Wildman–Crippen MR) is 76.8 cm³/mol. The first-order chi connectivity index (χ1) is 9.79. The molecule has 0 bridgehead atoms. The Bertz CT molecular complexity index is 541. The molecule has 0 saturated carbocycles. The van der Waals surface area contributed by atoms with Gasteiger partial charge in [0, 0.05) is 13.0 Å². The Kier molecular flexibility index (Phi) is 4.13. The van der Waals surface area contributed by atoms with E-state index in [1.165, 1.54) is 0 Å². The van der Waals surface area contributed by atoms with Crippen LogP contribution in [0, 0.1) is 17.2 Å². The van der Waals surface area contributed by atoms with Gasteiger partial charge in [-0.1, -0.05) is 0 Å². The summed E-state index contributed by atoms with van der Waals surface area (Å²) in [6.07, 6.45) is 2.52. The highest BCUT2D eigenvalue weighted by molar-refractivity contribution is 9.10. The van der Waals surface area contributed by atoms with Gasteiger partial charge >= 0.3 is 0 Å². The number of halogens is 1. The van der Waals surface area contributed by atoms with Gasteiger partial charge in [-0.15, -0.1) is 0 Å². The molecule has 0 spiro atoms. The van der Waals surface area contributed by atoms with E-state index in [0.717, 1.165) is 40.8 Å². The van der Waals surface area contributed by atoms with Gasteiger partial charge in [0.1, 0.15) is 0 Å². The number of hydrogen-bond acceptors (Lipinski definition) is 4. The van der Waals surface area contributed by atoms with Gasteiger partial charge in [0.25, 0.3) is 0 Å². The van der Waals surface area contributed by atoms with Crippen LogP contribution in [0.3, 0.4) is 0 Å². The average molecular weight is 338 g/mol. The summed E-state index contributed by atoms with van der Waals surface area (Å²) in [6.45, 7) is 2.01. The molecule has 2 atom stereocenters. The topological polar surface area (TPSA) is 51.5 Å². The maximum absolute atomic E-state index is 9.28. The molecule has 2 unspecified atom stereocenters. The first kappa shape index (κ1) is 13.7. The zero-order chi connectivity index (χ0) is 13.9. The van der Waals surface area contributed by atoms with Crippen LogP contribution in [0.25, 0.3) is 0 Å². The molecule has 1 fully saturated rings. The Hall–Kier alpha value is -1.25. The van der Waals surface area contributed by atoms with E-state index >= 15 is 0 Å². The lowest BCUT2D eigenvalue weighted by Gasteiger charge is -2.28. The fraction of sp³-hybridized carbons (Fsp3) is 0.533. The second-order valence-electron chi connectivity index (χ2n) is 5.05. The van der Waals surface area contributed by atoms with E-state index in [-0.39, 0.29) is 12.0 Å². The molecule has 2 heterocycles. The average Bonchev–Trinajstić information content (AvgIpc) is 2.73. The number of hydrogen-bond donors (Lipinski definition) is 0. The standard InChI is InChI=1S/C15H16BrNO3/c16-12-7-11(14-10(9-17)3-1-4-19-14)8-13-15(12)20-6-2-5-18-13/h7-8,10,14H,1-6H2. The van der Waals surface area contributed by atoms with Gasteiger partial charge in [-0.05, 0) is 46.5 Å². The minimum Gasteiger partial charge on any atom is -0.490 e. The Labute approximate surface area is 126 Å². The molecular formula is C15H16BrNO3. The van der Waals surface area contributed by atoms with Crippen molar-refractivity contribution in [2.45, 2.75) is 25.4 Å². The van der Waals surface area contributed by atoms with Crippen molar-refractivity contribution in [2.75, 3.05) is 19.8 Å². The van der Waals surface area contributed by atoms with Crippen LogP contribution in [0.2, 0.25) is 0 Å². The number of nitriles is 1. The van der Waals surface area contributed by atoms with E-state index in [1.54, 1.807) is 0 Å². The molecule has 0 aromatic heterocycles. The highest BCUT2D eigenvalue weighted by Gasteiger charge is 2.29. The molecule has 106 valence electrons. The molecule has 1 aromatic carbocycles. The lowest BCUT2D eigenvalue weighted by atomic mass is 9.90. The lowest BCUT2D eigenvalue weighted by Crippen LogP contribution is -2.21.